The van der Waals surface area contributed by atoms with Crippen LogP contribution in [0.4, 0.5) is 0 Å². The molecule has 1 aliphatic heterocycles. The molecular weight excluding hydrogens is 412 g/mol. The van der Waals surface area contributed by atoms with Crippen molar-refractivity contribution < 1.29 is 4.74 Å². The van der Waals surface area contributed by atoms with Gasteiger partial charge >= 0.3 is 0 Å². The van der Waals surface area contributed by atoms with Crippen LogP contribution >= 0.6 is 15.9 Å². The van der Waals surface area contributed by atoms with Gasteiger partial charge in [0, 0.05) is 28.4 Å². The number of nitrogens with one attached hydrogen (secondary N) is 1. The Morgan fingerprint density at radius 2 is 1.82 bits per heavy atom. The Labute approximate surface area is 177 Å². The SMILES string of the molecule is Brc1ccc(CCNCC[C@@]2(c3ccccn3)CCOC3(CCCC3)C2)cc1. The van der Waals surface area contributed by atoms with Crippen LogP contribution < -0.4 is 5.32 Å². The molecule has 28 heavy (non-hydrogen) atoms. The first kappa shape index (κ1) is 20.1. The highest BCUT2D eigenvalue weighted by atomic mass is 79.9. The number of benzene rings is 1. The van der Waals surface area contributed by atoms with E-state index in [0.29, 0.717) is 0 Å². The van der Waals surface area contributed by atoms with Gasteiger partial charge in [-0.25, -0.2) is 0 Å². The van der Waals surface area contributed by atoms with Crippen LogP contribution in [0.5, 0.6) is 0 Å². The molecule has 1 aromatic carbocycles. The first-order valence-corrected chi connectivity index (χ1v) is 11.5. The van der Waals surface area contributed by atoms with E-state index in [2.05, 4.69) is 57.6 Å². The summed E-state index contributed by atoms with van der Waals surface area (Å²) in [7, 11) is 0. The van der Waals surface area contributed by atoms with E-state index in [0.717, 1.165) is 49.9 Å². The monoisotopic (exact) mass is 442 g/mol. The number of halogens is 1. The molecule has 1 spiro atoms. The van der Waals surface area contributed by atoms with Gasteiger partial charge in [0.2, 0.25) is 0 Å². The fraction of sp³-hybridized carbons (Fsp3) is 0.542. The topological polar surface area (TPSA) is 34.2 Å². The van der Waals surface area contributed by atoms with Crippen molar-refractivity contribution in [1.29, 1.82) is 0 Å². The Hall–Kier alpha value is -1.23. The number of aromatic nitrogens is 1. The fourth-order valence-corrected chi connectivity index (χ4v) is 5.40. The zero-order valence-electron chi connectivity index (χ0n) is 16.6. The second-order valence-corrected chi connectivity index (χ2v) is 9.45. The summed E-state index contributed by atoms with van der Waals surface area (Å²) in [4.78, 5) is 4.80. The highest BCUT2D eigenvalue weighted by molar-refractivity contribution is 9.10. The first-order chi connectivity index (χ1) is 13.7. The molecule has 0 bridgehead atoms. The van der Waals surface area contributed by atoms with Gasteiger partial charge in [-0.3, -0.25) is 4.98 Å². The van der Waals surface area contributed by atoms with Crippen molar-refractivity contribution >= 4 is 15.9 Å². The highest BCUT2D eigenvalue weighted by Crippen LogP contribution is 2.49. The third kappa shape index (κ3) is 4.67. The van der Waals surface area contributed by atoms with Crippen LogP contribution in [0.15, 0.2) is 53.1 Å². The van der Waals surface area contributed by atoms with Crippen LogP contribution in [0.25, 0.3) is 0 Å². The van der Waals surface area contributed by atoms with Crippen LogP contribution in [-0.2, 0) is 16.6 Å². The van der Waals surface area contributed by atoms with E-state index in [1.807, 2.05) is 12.3 Å². The molecule has 0 unspecified atom stereocenters. The predicted octanol–water partition coefficient (Wildman–Crippen LogP) is 5.43. The van der Waals surface area contributed by atoms with E-state index in [-0.39, 0.29) is 11.0 Å². The molecule has 1 saturated carbocycles. The average Bonchev–Trinajstić information content (AvgIpc) is 3.17. The Kier molecular flexibility index (Phi) is 6.49. The van der Waals surface area contributed by atoms with Gasteiger partial charge < -0.3 is 10.1 Å². The van der Waals surface area contributed by atoms with Crippen LogP contribution in [0.1, 0.15) is 56.2 Å². The lowest BCUT2D eigenvalue weighted by molar-refractivity contribution is -0.104. The van der Waals surface area contributed by atoms with Crippen molar-refractivity contribution in [2.75, 3.05) is 19.7 Å². The van der Waals surface area contributed by atoms with Crippen molar-refractivity contribution in [2.45, 2.75) is 62.4 Å². The minimum Gasteiger partial charge on any atom is -0.375 e. The quantitative estimate of drug-likeness (QED) is 0.580. The van der Waals surface area contributed by atoms with Crippen molar-refractivity contribution in [3.05, 3.63) is 64.4 Å². The van der Waals surface area contributed by atoms with Crippen LogP contribution in [-0.4, -0.2) is 30.3 Å². The summed E-state index contributed by atoms with van der Waals surface area (Å²) >= 11 is 3.50. The van der Waals surface area contributed by atoms with Gasteiger partial charge in [0.05, 0.1) is 5.60 Å². The van der Waals surface area contributed by atoms with Gasteiger partial charge in [-0.1, -0.05) is 47.0 Å². The van der Waals surface area contributed by atoms with E-state index < -0.39 is 0 Å². The molecule has 1 aromatic heterocycles. The normalized spacial score (nSPS) is 23.9. The van der Waals surface area contributed by atoms with E-state index in [1.54, 1.807) is 0 Å². The summed E-state index contributed by atoms with van der Waals surface area (Å²) in [5.74, 6) is 0. The van der Waals surface area contributed by atoms with Gasteiger partial charge in [-0.05, 0) is 81.4 Å². The Morgan fingerprint density at radius 1 is 1.00 bits per heavy atom. The van der Waals surface area contributed by atoms with Crippen molar-refractivity contribution in [1.82, 2.24) is 10.3 Å². The van der Waals surface area contributed by atoms with E-state index in [4.69, 9.17) is 9.72 Å². The molecule has 3 nitrogen and oxygen atoms in total. The smallest absolute Gasteiger partial charge is 0.0691 e. The van der Waals surface area contributed by atoms with Crippen molar-refractivity contribution in [2.24, 2.45) is 0 Å². The van der Waals surface area contributed by atoms with Gasteiger partial charge in [-0.15, -0.1) is 0 Å². The Morgan fingerprint density at radius 3 is 2.57 bits per heavy atom. The van der Waals surface area contributed by atoms with E-state index >= 15 is 0 Å². The molecule has 2 aromatic rings. The number of nitrogens with zero attached hydrogens (tertiary/aromatic N) is 1. The maximum atomic E-state index is 6.35. The summed E-state index contributed by atoms with van der Waals surface area (Å²) in [6.07, 6.45) is 11.4. The van der Waals surface area contributed by atoms with Gasteiger partial charge in [0.1, 0.15) is 0 Å². The molecule has 1 N–H and O–H groups in total. The lowest BCUT2D eigenvalue weighted by atomic mass is 9.68. The highest BCUT2D eigenvalue weighted by Gasteiger charge is 2.48. The van der Waals surface area contributed by atoms with Gasteiger partial charge in [0.15, 0.2) is 0 Å². The molecule has 2 aliphatic rings. The largest absolute Gasteiger partial charge is 0.375 e. The maximum absolute atomic E-state index is 6.35. The third-order valence-electron chi connectivity index (χ3n) is 6.66. The number of ether oxygens (including phenoxy) is 1. The Balaban J connectivity index is 1.38. The number of rotatable bonds is 7. The van der Waals surface area contributed by atoms with Crippen LogP contribution in [0, 0.1) is 0 Å². The average molecular weight is 443 g/mol. The summed E-state index contributed by atoms with van der Waals surface area (Å²) in [5, 5.41) is 3.69. The summed E-state index contributed by atoms with van der Waals surface area (Å²) in [5.41, 5.74) is 2.90. The number of pyridine rings is 1. The third-order valence-corrected chi connectivity index (χ3v) is 7.19. The molecule has 1 atom stereocenters. The molecular formula is C24H31BrN2O. The summed E-state index contributed by atoms with van der Waals surface area (Å²) in [6, 6.07) is 15.0. The van der Waals surface area contributed by atoms with E-state index in [1.165, 1.54) is 36.9 Å². The minimum atomic E-state index is 0.104. The lowest BCUT2D eigenvalue weighted by Crippen LogP contribution is -2.47. The van der Waals surface area contributed by atoms with Crippen LogP contribution in [0.2, 0.25) is 0 Å². The standard InChI is InChI=1S/C24H31BrN2O/c25-21-8-6-20(7-9-21)10-16-26-17-13-23(22-5-1-4-15-27-22)14-18-28-24(19-23)11-2-3-12-24/h1,4-9,15,26H,2-3,10-14,16-19H2/t23-/m1/s1. The predicted molar refractivity (Wildman–Crippen MR) is 118 cm³/mol. The number of hydrogen-bond acceptors (Lipinski definition) is 3. The molecule has 2 fully saturated rings. The lowest BCUT2D eigenvalue weighted by Gasteiger charge is -2.46. The van der Waals surface area contributed by atoms with Crippen molar-refractivity contribution in [3.8, 4) is 0 Å². The van der Waals surface area contributed by atoms with Gasteiger partial charge in [-0.2, -0.15) is 0 Å². The molecule has 4 rings (SSSR count). The molecule has 0 radical (unpaired) electrons. The summed E-state index contributed by atoms with van der Waals surface area (Å²) < 4.78 is 7.49. The second kappa shape index (κ2) is 9.06. The molecule has 4 heteroatoms. The zero-order chi connectivity index (χ0) is 19.3. The van der Waals surface area contributed by atoms with E-state index in [9.17, 15) is 0 Å². The van der Waals surface area contributed by atoms with Gasteiger partial charge in [0.25, 0.3) is 0 Å². The maximum Gasteiger partial charge on any atom is 0.0691 e. The molecule has 0 amide bonds. The zero-order valence-corrected chi connectivity index (χ0v) is 18.2. The fourth-order valence-electron chi connectivity index (χ4n) is 5.13. The minimum absolute atomic E-state index is 0.104. The number of hydrogen-bond donors (Lipinski definition) is 1. The molecule has 150 valence electrons. The summed E-state index contributed by atoms with van der Waals surface area (Å²) in [6.45, 7) is 2.92. The van der Waals surface area contributed by atoms with Crippen molar-refractivity contribution in [3.63, 3.8) is 0 Å². The molecule has 1 saturated heterocycles. The first-order valence-electron chi connectivity index (χ1n) is 10.7. The second-order valence-electron chi connectivity index (χ2n) is 8.54. The molecule has 2 heterocycles. The Bertz CT molecular complexity index is 743. The van der Waals surface area contributed by atoms with Crippen LogP contribution in [0.3, 0.4) is 0 Å². The molecule has 1 aliphatic carbocycles.